The first kappa shape index (κ1) is 19.5. The van der Waals surface area contributed by atoms with Gasteiger partial charge < -0.3 is 20.1 Å². The second-order valence-corrected chi connectivity index (χ2v) is 5.80. The Bertz CT molecular complexity index is 715. The monoisotopic (exact) mass is 453 g/mol. The van der Waals surface area contributed by atoms with Crippen LogP contribution < -0.4 is 10.5 Å². The summed E-state index contributed by atoms with van der Waals surface area (Å²) >= 11 is 0. The highest BCUT2D eigenvalue weighted by Crippen LogP contribution is 2.26. The number of aliphatic imine (C=N–C) groups is 1. The lowest BCUT2D eigenvalue weighted by Gasteiger charge is -2.27. The highest BCUT2D eigenvalue weighted by molar-refractivity contribution is 14.0. The molecule has 5 nitrogen and oxygen atoms in total. The third kappa shape index (κ3) is 5.61. The average molecular weight is 453 g/mol. The second-order valence-electron chi connectivity index (χ2n) is 5.80. The van der Waals surface area contributed by atoms with Gasteiger partial charge in [-0.05, 0) is 30.7 Å². The number of aryl methyl sites for hydroxylation is 1. The summed E-state index contributed by atoms with van der Waals surface area (Å²) < 4.78 is 11.4. The Kier molecular flexibility index (Phi) is 7.52. The molecule has 0 unspecified atom stereocenters. The van der Waals surface area contributed by atoms with Crippen LogP contribution in [0.3, 0.4) is 0 Å². The van der Waals surface area contributed by atoms with Crippen LogP contribution in [0.2, 0.25) is 0 Å². The van der Waals surface area contributed by atoms with Gasteiger partial charge in [0.2, 0.25) is 0 Å². The van der Waals surface area contributed by atoms with Crippen LogP contribution >= 0.6 is 24.0 Å². The maximum atomic E-state index is 6.10. The summed E-state index contributed by atoms with van der Waals surface area (Å²) in [5, 5.41) is 0. The van der Waals surface area contributed by atoms with Gasteiger partial charge in [-0.15, -0.1) is 24.0 Å². The molecule has 0 atom stereocenters. The lowest BCUT2D eigenvalue weighted by atomic mass is 10.2. The van der Waals surface area contributed by atoms with Crippen molar-refractivity contribution in [3.63, 3.8) is 0 Å². The fourth-order valence-corrected chi connectivity index (χ4v) is 2.60. The quantitative estimate of drug-likeness (QED) is 0.437. The van der Waals surface area contributed by atoms with Gasteiger partial charge >= 0.3 is 0 Å². The van der Waals surface area contributed by atoms with Crippen LogP contribution in [-0.4, -0.2) is 37.2 Å². The third-order valence-corrected chi connectivity index (χ3v) is 3.94. The van der Waals surface area contributed by atoms with Gasteiger partial charge in [0, 0.05) is 18.7 Å². The number of benzene rings is 2. The first-order chi connectivity index (χ1) is 11.7. The molecule has 25 heavy (non-hydrogen) atoms. The zero-order valence-corrected chi connectivity index (χ0v) is 16.7. The molecule has 1 heterocycles. The molecule has 1 aliphatic heterocycles. The Morgan fingerprint density at radius 2 is 1.92 bits per heavy atom. The molecule has 0 radical (unpaired) electrons. The summed E-state index contributed by atoms with van der Waals surface area (Å²) in [6.07, 6.45) is 0. The Morgan fingerprint density at radius 3 is 2.68 bits per heavy atom. The van der Waals surface area contributed by atoms with Crippen molar-refractivity contribution < 1.29 is 9.47 Å². The topological polar surface area (TPSA) is 60.1 Å². The molecular weight excluding hydrogens is 429 g/mol. The van der Waals surface area contributed by atoms with Gasteiger partial charge in [0.25, 0.3) is 0 Å². The zero-order chi connectivity index (χ0) is 16.8. The maximum Gasteiger partial charge on any atom is 0.191 e. The van der Waals surface area contributed by atoms with Gasteiger partial charge in [-0.2, -0.15) is 0 Å². The van der Waals surface area contributed by atoms with Crippen LogP contribution in [0.25, 0.3) is 0 Å². The number of para-hydroxylation sites is 1. The molecule has 134 valence electrons. The Morgan fingerprint density at radius 1 is 1.16 bits per heavy atom. The van der Waals surface area contributed by atoms with E-state index in [-0.39, 0.29) is 24.0 Å². The van der Waals surface area contributed by atoms with E-state index in [1.807, 2.05) is 60.4 Å². The van der Waals surface area contributed by atoms with Gasteiger partial charge in [0.1, 0.15) is 11.5 Å². The minimum Gasteiger partial charge on any atom is -0.457 e. The van der Waals surface area contributed by atoms with E-state index >= 15 is 0 Å². The van der Waals surface area contributed by atoms with Crippen molar-refractivity contribution in [1.82, 2.24) is 4.90 Å². The number of hydrogen-bond donors (Lipinski definition) is 1. The summed E-state index contributed by atoms with van der Waals surface area (Å²) in [4.78, 5) is 6.57. The van der Waals surface area contributed by atoms with E-state index < -0.39 is 0 Å². The molecule has 1 aliphatic rings. The smallest absolute Gasteiger partial charge is 0.191 e. The molecule has 0 bridgehead atoms. The summed E-state index contributed by atoms with van der Waals surface area (Å²) in [5.74, 6) is 2.19. The van der Waals surface area contributed by atoms with Crippen molar-refractivity contribution in [3.05, 3.63) is 59.7 Å². The molecule has 1 saturated heterocycles. The summed E-state index contributed by atoms with van der Waals surface area (Å²) in [6, 6.07) is 15.9. The van der Waals surface area contributed by atoms with Crippen LogP contribution in [0.15, 0.2) is 53.5 Å². The van der Waals surface area contributed by atoms with Gasteiger partial charge in [-0.3, -0.25) is 0 Å². The molecule has 2 N–H and O–H groups in total. The molecule has 2 aromatic rings. The highest BCUT2D eigenvalue weighted by Gasteiger charge is 2.12. The number of hydrogen-bond acceptors (Lipinski definition) is 3. The Labute approximate surface area is 165 Å². The molecular formula is C19H24IN3O2. The molecule has 6 heteroatoms. The Hall–Kier alpha value is -1.80. The standard InChI is InChI=1S/C19H23N3O2.HI/c1-15-5-4-7-17(13-15)24-18-8-3-2-6-16(18)14-21-19(20)22-9-11-23-12-10-22;/h2-8,13H,9-12,14H2,1H3,(H2,20,21);1H. The predicted molar refractivity (Wildman–Crippen MR) is 111 cm³/mol. The first-order valence-electron chi connectivity index (χ1n) is 8.17. The summed E-state index contributed by atoms with van der Waals surface area (Å²) in [7, 11) is 0. The maximum absolute atomic E-state index is 6.10. The van der Waals surface area contributed by atoms with Gasteiger partial charge in [-0.25, -0.2) is 4.99 Å². The van der Waals surface area contributed by atoms with Gasteiger partial charge in [0.15, 0.2) is 5.96 Å². The van der Waals surface area contributed by atoms with Crippen LogP contribution in [0.4, 0.5) is 0 Å². The number of morpholine rings is 1. The van der Waals surface area contributed by atoms with E-state index in [0.29, 0.717) is 25.7 Å². The van der Waals surface area contributed by atoms with Crippen LogP contribution in [0.1, 0.15) is 11.1 Å². The SMILES string of the molecule is Cc1cccc(Oc2ccccc2CN=C(N)N2CCOCC2)c1.I. The molecule has 1 fully saturated rings. The summed E-state index contributed by atoms with van der Waals surface area (Å²) in [6.45, 7) is 5.51. The highest BCUT2D eigenvalue weighted by atomic mass is 127. The number of halogens is 1. The fraction of sp³-hybridized carbons (Fsp3) is 0.316. The van der Waals surface area contributed by atoms with Crippen molar-refractivity contribution in [2.45, 2.75) is 13.5 Å². The number of rotatable bonds is 4. The lowest BCUT2D eigenvalue weighted by Crippen LogP contribution is -2.44. The van der Waals surface area contributed by atoms with Crippen molar-refractivity contribution in [2.24, 2.45) is 10.7 Å². The third-order valence-electron chi connectivity index (χ3n) is 3.94. The number of guanidine groups is 1. The molecule has 0 spiro atoms. The lowest BCUT2D eigenvalue weighted by molar-refractivity contribution is 0.0674. The van der Waals surface area contributed by atoms with Crippen molar-refractivity contribution >= 4 is 29.9 Å². The van der Waals surface area contributed by atoms with E-state index in [9.17, 15) is 0 Å². The predicted octanol–water partition coefficient (Wildman–Crippen LogP) is 3.55. The first-order valence-corrected chi connectivity index (χ1v) is 8.17. The van der Waals surface area contributed by atoms with Crippen molar-refractivity contribution in [3.8, 4) is 11.5 Å². The van der Waals surface area contributed by atoms with Crippen LogP contribution in [0, 0.1) is 6.92 Å². The minimum atomic E-state index is 0. The van der Waals surface area contributed by atoms with Crippen LogP contribution in [0.5, 0.6) is 11.5 Å². The molecule has 3 rings (SSSR count). The van der Waals surface area contributed by atoms with Gasteiger partial charge in [0.05, 0.1) is 19.8 Å². The fourth-order valence-electron chi connectivity index (χ4n) is 2.60. The van der Waals surface area contributed by atoms with Gasteiger partial charge in [-0.1, -0.05) is 30.3 Å². The average Bonchev–Trinajstić information content (AvgIpc) is 2.61. The zero-order valence-electron chi connectivity index (χ0n) is 14.4. The molecule has 0 saturated carbocycles. The second kappa shape index (κ2) is 9.62. The molecule has 2 aromatic carbocycles. The van der Waals surface area contributed by atoms with Crippen molar-refractivity contribution in [1.29, 1.82) is 0 Å². The van der Waals surface area contributed by atoms with E-state index in [1.165, 1.54) is 5.56 Å². The number of nitrogens with two attached hydrogens (primary N) is 1. The van der Waals surface area contributed by atoms with Crippen molar-refractivity contribution in [2.75, 3.05) is 26.3 Å². The summed E-state index contributed by atoms with van der Waals surface area (Å²) in [5.41, 5.74) is 8.27. The van der Waals surface area contributed by atoms with Crippen LogP contribution in [-0.2, 0) is 11.3 Å². The normalized spacial score (nSPS) is 14.8. The molecule has 0 amide bonds. The van der Waals surface area contributed by atoms with E-state index in [4.69, 9.17) is 15.2 Å². The largest absolute Gasteiger partial charge is 0.457 e. The number of ether oxygens (including phenoxy) is 2. The Balaban J connectivity index is 0.00000225. The minimum absolute atomic E-state index is 0. The number of nitrogens with zero attached hydrogens (tertiary/aromatic N) is 2. The van der Waals surface area contributed by atoms with E-state index in [0.717, 1.165) is 30.2 Å². The van der Waals surface area contributed by atoms with E-state index in [2.05, 4.69) is 4.99 Å². The molecule has 0 aromatic heterocycles. The molecule has 0 aliphatic carbocycles. The van der Waals surface area contributed by atoms with E-state index in [1.54, 1.807) is 0 Å².